The molecule has 0 radical (unpaired) electrons. The molecule has 0 heterocycles. The minimum absolute atomic E-state index is 0.0712. The SMILES string of the molecule is COC(=O)c1cccc(NC(=O)CNC(c2ccc(F)cc2)C(C)(C)C)c1. The molecule has 144 valence electrons. The van der Waals surface area contributed by atoms with Gasteiger partial charge in [0.2, 0.25) is 5.91 Å². The van der Waals surface area contributed by atoms with Gasteiger partial charge in [0.15, 0.2) is 0 Å². The van der Waals surface area contributed by atoms with Crippen LogP contribution in [0.1, 0.15) is 42.7 Å². The summed E-state index contributed by atoms with van der Waals surface area (Å²) in [6.45, 7) is 6.21. The van der Waals surface area contributed by atoms with Crippen molar-refractivity contribution in [3.8, 4) is 0 Å². The quantitative estimate of drug-likeness (QED) is 0.754. The van der Waals surface area contributed by atoms with Crippen molar-refractivity contribution in [1.82, 2.24) is 5.32 Å². The van der Waals surface area contributed by atoms with Crippen LogP contribution in [0.25, 0.3) is 0 Å². The average molecular weight is 372 g/mol. The number of halogens is 1. The van der Waals surface area contributed by atoms with Crippen molar-refractivity contribution in [1.29, 1.82) is 0 Å². The van der Waals surface area contributed by atoms with Crippen molar-refractivity contribution in [3.63, 3.8) is 0 Å². The number of carbonyl (C=O) groups is 2. The summed E-state index contributed by atoms with van der Waals surface area (Å²) in [5.41, 5.74) is 1.61. The van der Waals surface area contributed by atoms with Crippen LogP contribution in [0.5, 0.6) is 0 Å². The summed E-state index contributed by atoms with van der Waals surface area (Å²) in [6, 6.07) is 12.7. The number of hydrogen-bond acceptors (Lipinski definition) is 4. The number of anilines is 1. The van der Waals surface area contributed by atoms with Gasteiger partial charge in [0.05, 0.1) is 19.2 Å². The summed E-state index contributed by atoms with van der Waals surface area (Å²) in [7, 11) is 1.31. The molecule has 0 aliphatic carbocycles. The van der Waals surface area contributed by atoms with E-state index in [2.05, 4.69) is 15.4 Å². The summed E-state index contributed by atoms with van der Waals surface area (Å²) in [5, 5.41) is 6.00. The Morgan fingerprint density at radius 3 is 2.37 bits per heavy atom. The van der Waals surface area contributed by atoms with E-state index in [1.165, 1.54) is 19.2 Å². The first kappa shape index (κ1) is 20.6. The molecule has 2 aromatic rings. The zero-order chi connectivity index (χ0) is 20.0. The molecule has 0 saturated carbocycles. The van der Waals surface area contributed by atoms with E-state index >= 15 is 0 Å². The highest BCUT2D eigenvalue weighted by Gasteiger charge is 2.26. The second kappa shape index (κ2) is 8.77. The largest absolute Gasteiger partial charge is 0.465 e. The predicted molar refractivity (Wildman–Crippen MR) is 103 cm³/mol. The Balaban J connectivity index is 2.04. The Bertz CT molecular complexity index is 798. The summed E-state index contributed by atoms with van der Waals surface area (Å²) in [5.74, 6) is -1.00. The van der Waals surface area contributed by atoms with Gasteiger partial charge in [-0.1, -0.05) is 39.0 Å². The molecule has 0 aromatic heterocycles. The van der Waals surface area contributed by atoms with Gasteiger partial charge in [0.1, 0.15) is 5.82 Å². The molecule has 0 aliphatic rings. The van der Waals surface area contributed by atoms with E-state index in [-0.39, 0.29) is 29.7 Å². The molecule has 1 amide bonds. The average Bonchev–Trinajstić information content (AvgIpc) is 2.61. The first-order valence-electron chi connectivity index (χ1n) is 8.68. The number of amides is 1. The molecule has 0 saturated heterocycles. The van der Waals surface area contributed by atoms with Crippen LogP contribution in [0.3, 0.4) is 0 Å². The van der Waals surface area contributed by atoms with E-state index in [1.807, 2.05) is 20.8 Å². The lowest BCUT2D eigenvalue weighted by molar-refractivity contribution is -0.115. The third-order valence-electron chi connectivity index (χ3n) is 4.10. The minimum atomic E-state index is -0.465. The zero-order valence-electron chi connectivity index (χ0n) is 16.0. The van der Waals surface area contributed by atoms with E-state index in [1.54, 1.807) is 36.4 Å². The van der Waals surface area contributed by atoms with Crippen molar-refractivity contribution in [2.24, 2.45) is 5.41 Å². The Morgan fingerprint density at radius 2 is 1.78 bits per heavy atom. The second-order valence-corrected chi connectivity index (χ2v) is 7.35. The summed E-state index contributed by atoms with van der Waals surface area (Å²) >= 11 is 0. The van der Waals surface area contributed by atoms with E-state index in [4.69, 9.17) is 0 Å². The van der Waals surface area contributed by atoms with Crippen LogP contribution in [0.2, 0.25) is 0 Å². The molecule has 0 aliphatic heterocycles. The van der Waals surface area contributed by atoms with E-state index in [0.29, 0.717) is 11.3 Å². The van der Waals surface area contributed by atoms with Crippen LogP contribution in [0.4, 0.5) is 10.1 Å². The van der Waals surface area contributed by atoms with Gasteiger partial charge in [-0.25, -0.2) is 9.18 Å². The summed E-state index contributed by atoms with van der Waals surface area (Å²) < 4.78 is 17.9. The number of carbonyl (C=O) groups excluding carboxylic acids is 2. The molecule has 5 nitrogen and oxygen atoms in total. The van der Waals surface area contributed by atoms with Gasteiger partial charge in [0, 0.05) is 11.7 Å². The van der Waals surface area contributed by atoms with Crippen LogP contribution in [0.15, 0.2) is 48.5 Å². The van der Waals surface area contributed by atoms with E-state index in [0.717, 1.165) is 5.56 Å². The highest BCUT2D eigenvalue weighted by Crippen LogP contribution is 2.32. The van der Waals surface area contributed by atoms with Gasteiger partial charge in [-0.3, -0.25) is 4.79 Å². The second-order valence-electron chi connectivity index (χ2n) is 7.35. The first-order chi connectivity index (χ1) is 12.7. The molecule has 2 aromatic carbocycles. The Kier molecular flexibility index (Phi) is 6.69. The van der Waals surface area contributed by atoms with Crippen LogP contribution < -0.4 is 10.6 Å². The van der Waals surface area contributed by atoms with Crippen LogP contribution in [0, 0.1) is 11.2 Å². The van der Waals surface area contributed by atoms with Gasteiger partial charge < -0.3 is 15.4 Å². The molecular formula is C21H25FN2O3. The van der Waals surface area contributed by atoms with E-state index < -0.39 is 5.97 Å². The molecule has 6 heteroatoms. The first-order valence-corrected chi connectivity index (χ1v) is 8.68. The topological polar surface area (TPSA) is 67.4 Å². The zero-order valence-corrected chi connectivity index (χ0v) is 16.0. The van der Waals surface area contributed by atoms with Crippen molar-refractivity contribution in [3.05, 3.63) is 65.5 Å². The maximum atomic E-state index is 13.2. The lowest BCUT2D eigenvalue weighted by atomic mass is 9.82. The summed E-state index contributed by atoms with van der Waals surface area (Å²) in [4.78, 5) is 23.9. The number of nitrogens with one attached hydrogen (secondary N) is 2. The molecular weight excluding hydrogens is 347 g/mol. The van der Waals surface area contributed by atoms with Crippen LogP contribution in [-0.4, -0.2) is 25.5 Å². The fourth-order valence-electron chi connectivity index (χ4n) is 2.82. The molecule has 1 atom stereocenters. The molecule has 2 N–H and O–H groups in total. The maximum absolute atomic E-state index is 13.2. The lowest BCUT2D eigenvalue weighted by Crippen LogP contribution is -2.37. The normalized spacial score (nSPS) is 12.3. The highest BCUT2D eigenvalue weighted by atomic mass is 19.1. The highest BCUT2D eigenvalue weighted by molar-refractivity contribution is 5.95. The number of ether oxygens (including phenoxy) is 1. The Morgan fingerprint density at radius 1 is 1.11 bits per heavy atom. The van der Waals surface area contributed by atoms with Crippen LogP contribution >= 0.6 is 0 Å². The number of esters is 1. The van der Waals surface area contributed by atoms with Crippen molar-refractivity contribution in [2.75, 3.05) is 19.0 Å². The lowest BCUT2D eigenvalue weighted by Gasteiger charge is -2.32. The molecule has 0 spiro atoms. The monoisotopic (exact) mass is 372 g/mol. The van der Waals surface area contributed by atoms with Gasteiger partial charge in [-0.05, 0) is 41.3 Å². The van der Waals surface area contributed by atoms with Crippen LogP contribution in [-0.2, 0) is 9.53 Å². The number of hydrogen-bond donors (Lipinski definition) is 2. The Hall–Kier alpha value is -2.73. The molecule has 27 heavy (non-hydrogen) atoms. The van der Waals surface area contributed by atoms with Crippen molar-refractivity contribution in [2.45, 2.75) is 26.8 Å². The van der Waals surface area contributed by atoms with Gasteiger partial charge in [-0.2, -0.15) is 0 Å². The predicted octanol–water partition coefficient (Wildman–Crippen LogP) is 3.93. The van der Waals surface area contributed by atoms with Crippen molar-refractivity contribution >= 4 is 17.6 Å². The fraction of sp³-hybridized carbons (Fsp3) is 0.333. The van der Waals surface area contributed by atoms with Gasteiger partial charge >= 0.3 is 5.97 Å². The molecule has 0 bridgehead atoms. The van der Waals surface area contributed by atoms with E-state index in [9.17, 15) is 14.0 Å². The number of rotatable bonds is 6. The smallest absolute Gasteiger partial charge is 0.337 e. The Labute approximate surface area is 158 Å². The van der Waals surface area contributed by atoms with Gasteiger partial charge in [-0.15, -0.1) is 0 Å². The molecule has 1 unspecified atom stereocenters. The van der Waals surface area contributed by atoms with Crippen molar-refractivity contribution < 1.29 is 18.7 Å². The van der Waals surface area contributed by atoms with Gasteiger partial charge in [0.25, 0.3) is 0 Å². The molecule has 2 rings (SSSR count). The minimum Gasteiger partial charge on any atom is -0.465 e. The summed E-state index contributed by atoms with van der Waals surface area (Å²) in [6.07, 6.45) is 0. The third-order valence-corrected chi connectivity index (χ3v) is 4.10. The maximum Gasteiger partial charge on any atom is 0.337 e. The standard InChI is InChI=1S/C21H25FN2O3/c1-21(2,3)19(14-8-10-16(22)11-9-14)23-13-18(25)24-17-7-5-6-15(12-17)20(26)27-4/h5-12,19,23H,13H2,1-4H3,(H,24,25). The fourth-order valence-corrected chi connectivity index (χ4v) is 2.82. The third kappa shape index (κ3) is 5.89. The number of benzene rings is 2. The molecule has 0 fully saturated rings. The number of methoxy groups -OCH3 is 1.